The Balaban J connectivity index is 2.23. The number of hydrogen-bond acceptors (Lipinski definition) is 3. The first-order valence-electron chi connectivity index (χ1n) is 5.09. The molecule has 0 saturated heterocycles. The van der Waals surface area contributed by atoms with Gasteiger partial charge < -0.3 is 14.8 Å². The van der Waals surface area contributed by atoms with Crippen LogP contribution in [-0.4, -0.2) is 17.0 Å². The highest BCUT2D eigenvalue weighted by molar-refractivity contribution is 5.77. The van der Waals surface area contributed by atoms with Crippen molar-refractivity contribution < 1.29 is 19.1 Å². The zero-order valence-electron chi connectivity index (χ0n) is 9.10. The molecular formula is C11H15NO4. The standard InChI is InChI=1S/C11H15NO4/c1-8(6-11(14)15)5-10(13)12-7-9-3-2-4-16-9/h2-4,8H,5-7H2,1H3,(H,12,13)(H,14,15)/t8-/m1/s1. The summed E-state index contributed by atoms with van der Waals surface area (Å²) < 4.78 is 5.04. The lowest BCUT2D eigenvalue weighted by molar-refractivity contribution is -0.138. The van der Waals surface area contributed by atoms with Crippen molar-refractivity contribution >= 4 is 11.9 Å². The van der Waals surface area contributed by atoms with Crippen molar-refractivity contribution in [3.05, 3.63) is 24.2 Å². The third-order valence-corrected chi connectivity index (χ3v) is 2.10. The number of carboxylic acid groups (broad SMARTS) is 1. The van der Waals surface area contributed by atoms with Gasteiger partial charge in [-0.3, -0.25) is 9.59 Å². The van der Waals surface area contributed by atoms with Gasteiger partial charge >= 0.3 is 5.97 Å². The molecule has 0 aromatic carbocycles. The molecule has 0 bridgehead atoms. The lowest BCUT2D eigenvalue weighted by Gasteiger charge is -2.08. The van der Waals surface area contributed by atoms with Crippen LogP contribution in [0.5, 0.6) is 0 Å². The Morgan fingerprint density at radius 1 is 1.50 bits per heavy atom. The fraction of sp³-hybridized carbons (Fsp3) is 0.455. The second-order valence-electron chi connectivity index (χ2n) is 3.76. The largest absolute Gasteiger partial charge is 0.481 e. The zero-order valence-corrected chi connectivity index (χ0v) is 9.10. The fourth-order valence-corrected chi connectivity index (χ4v) is 1.36. The van der Waals surface area contributed by atoms with E-state index in [-0.39, 0.29) is 24.7 Å². The molecule has 1 heterocycles. The van der Waals surface area contributed by atoms with Crippen LogP contribution in [-0.2, 0) is 16.1 Å². The molecule has 0 saturated carbocycles. The van der Waals surface area contributed by atoms with Gasteiger partial charge in [-0.1, -0.05) is 6.92 Å². The summed E-state index contributed by atoms with van der Waals surface area (Å²) in [6.07, 6.45) is 1.76. The second-order valence-corrected chi connectivity index (χ2v) is 3.76. The Bertz CT molecular complexity index is 345. The SMILES string of the molecule is C[C@@H](CC(=O)O)CC(=O)NCc1ccco1. The maximum absolute atomic E-state index is 11.4. The quantitative estimate of drug-likeness (QED) is 0.766. The topological polar surface area (TPSA) is 79.5 Å². The summed E-state index contributed by atoms with van der Waals surface area (Å²) in [5.41, 5.74) is 0. The molecule has 16 heavy (non-hydrogen) atoms. The van der Waals surface area contributed by atoms with Gasteiger partial charge in [0.25, 0.3) is 0 Å². The number of amides is 1. The molecule has 0 fully saturated rings. The van der Waals surface area contributed by atoms with Gasteiger partial charge in [0.05, 0.1) is 12.8 Å². The highest BCUT2D eigenvalue weighted by Crippen LogP contribution is 2.07. The predicted octanol–water partition coefficient (Wildman–Crippen LogP) is 1.40. The molecule has 1 rings (SSSR count). The Labute approximate surface area is 93.4 Å². The lowest BCUT2D eigenvalue weighted by atomic mass is 10.0. The third-order valence-electron chi connectivity index (χ3n) is 2.10. The monoisotopic (exact) mass is 225 g/mol. The van der Waals surface area contributed by atoms with Gasteiger partial charge in [-0.2, -0.15) is 0 Å². The smallest absolute Gasteiger partial charge is 0.303 e. The van der Waals surface area contributed by atoms with Crippen LogP contribution in [0.4, 0.5) is 0 Å². The lowest BCUT2D eigenvalue weighted by Crippen LogP contribution is -2.24. The molecule has 0 aliphatic heterocycles. The van der Waals surface area contributed by atoms with E-state index in [9.17, 15) is 9.59 Å². The minimum atomic E-state index is -0.883. The highest BCUT2D eigenvalue weighted by Gasteiger charge is 2.12. The van der Waals surface area contributed by atoms with Crippen LogP contribution < -0.4 is 5.32 Å². The molecule has 0 unspecified atom stereocenters. The molecular weight excluding hydrogens is 210 g/mol. The van der Waals surface area contributed by atoms with Gasteiger partial charge in [0, 0.05) is 12.8 Å². The van der Waals surface area contributed by atoms with Gasteiger partial charge in [0.1, 0.15) is 5.76 Å². The molecule has 5 nitrogen and oxygen atoms in total. The summed E-state index contributed by atoms with van der Waals surface area (Å²) in [5.74, 6) is -0.523. The number of carboxylic acids is 1. The van der Waals surface area contributed by atoms with Gasteiger partial charge in [-0.25, -0.2) is 0 Å². The molecule has 1 amide bonds. The summed E-state index contributed by atoms with van der Waals surface area (Å²) in [7, 11) is 0. The number of carbonyl (C=O) groups excluding carboxylic acids is 1. The van der Waals surface area contributed by atoms with Crippen molar-refractivity contribution in [2.45, 2.75) is 26.3 Å². The van der Waals surface area contributed by atoms with Crippen molar-refractivity contribution in [3.8, 4) is 0 Å². The number of furan rings is 1. The number of nitrogens with one attached hydrogen (secondary N) is 1. The fourth-order valence-electron chi connectivity index (χ4n) is 1.36. The summed E-state index contributed by atoms with van der Waals surface area (Å²) in [5, 5.41) is 11.2. The Morgan fingerprint density at radius 2 is 2.25 bits per heavy atom. The molecule has 1 aromatic rings. The minimum absolute atomic E-state index is 0.00811. The Morgan fingerprint density at radius 3 is 2.81 bits per heavy atom. The Hall–Kier alpha value is -1.78. The van der Waals surface area contributed by atoms with Gasteiger partial charge in [0.15, 0.2) is 0 Å². The molecule has 88 valence electrons. The summed E-state index contributed by atoms with van der Waals surface area (Å²) in [4.78, 5) is 21.8. The predicted molar refractivity (Wildman–Crippen MR) is 56.6 cm³/mol. The molecule has 2 N–H and O–H groups in total. The van der Waals surface area contributed by atoms with Gasteiger partial charge in [-0.15, -0.1) is 0 Å². The van der Waals surface area contributed by atoms with Crippen LogP contribution in [0.3, 0.4) is 0 Å². The number of aliphatic carboxylic acids is 1. The number of carbonyl (C=O) groups is 2. The van der Waals surface area contributed by atoms with Crippen LogP contribution in [0.25, 0.3) is 0 Å². The van der Waals surface area contributed by atoms with Crippen molar-refractivity contribution in [2.24, 2.45) is 5.92 Å². The second kappa shape index (κ2) is 5.95. The van der Waals surface area contributed by atoms with E-state index in [4.69, 9.17) is 9.52 Å². The van der Waals surface area contributed by atoms with Crippen LogP contribution in [0.2, 0.25) is 0 Å². The van der Waals surface area contributed by atoms with Crippen LogP contribution in [0.15, 0.2) is 22.8 Å². The molecule has 0 spiro atoms. The first-order valence-corrected chi connectivity index (χ1v) is 5.09. The average Bonchev–Trinajstić information content (AvgIpc) is 2.65. The average molecular weight is 225 g/mol. The molecule has 5 heteroatoms. The third kappa shape index (κ3) is 4.63. The van der Waals surface area contributed by atoms with E-state index in [2.05, 4.69) is 5.32 Å². The van der Waals surface area contributed by atoms with E-state index >= 15 is 0 Å². The van der Waals surface area contributed by atoms with Crippen LogP contribution >= 0.6 is 0 Å². The molecule has 1 aromatic heterocycles. The minimum Gasteiger partial charge on any atom is -0.481 e. The van der Waals surface area contributed by atoms with Gasteiger partial charge in [-0.05, 0) is 18.1 Å². The highest BCUT2D eigenvalue weighted by atomic mass is 16.4. The molecule has 0 aliphatic carbocycles. The van der Waals surface area contributed by atoms with E-state index in [0.29, 0.717) is 12.3 Å². The molecule has 0 radical (unpaired) electrons. The van der Waals surface area contributed by atoms with E-state index in [0.717, 1.165) is 0 Å². The maximum Gasteiger partial charge on any atom is 0.303 e. The number of hydrogen-bond donors (Lipinski definition) is 2. The van der Waals surface area contributed by atoms with E-state index in [1.807, 2.05) is 0 Å². The van der Waals surface area contributed by atoms with E-state index in [1.165, 1.54) is 6.26 Å². The molecule has 0 aliphatic rings. The summed E-state index contributed by atoms with van der Waals surface area (Å²) in [6.45, 7) is 2.08. The van der Waals surface area contributed by atoms with Crippen molar-refractivity contribution in [1.29, 1.82) is 0 Å². The summed E-state index contributed by atoms with van der Waals surface area (Å²) >= 11 is 0. The summed E-state index contributed by atoms with van der Waals surface area (Å²) in [6, 6.07) is 3.51. The zero-order chi connectivity index (χ0) is 12.0. The Kier molecular flexibility index (Phi) is 4.57. The van der Waals surface area contributed by atoms with E-state index in [1.54, 1.807) is 19.1 Å². The van der Waals surface area contributed by atoms with Crippen molar-refractivity contribution in [1.82, 2.24) is 5.32 Å². The van der Waals surface area contributed by atoms with Crippen molar-refractivity contribution in [3.63, 3.8) is 0 Å². The maximum atomic E-state index is 11.4. The first kappa shape index (κ1) is 12.3. The van der Waals surface area contributed by atoms with Gasteiger partial charge in [0.2, 0.25) is 5.91 Å². The van der Waals surface area contributed by atoms with Crippen LogP contribution in [0.1, 0.15) is 25.5 Å². The van der Waals surface area contributed by atoms with Crippen molar-refractivity contribution in [2.75, 3.05) is 0 Å². The normalized spacial score (nSPS) is 12.1. The van der Waals surface area contributed by atoms with Crippen LogP contribution in [0, 0.1) is 5.92 Å². The van der Waals surface area contributed by atoms with E-state index < -0.39 is 5.97 Å². The number of rotatable bonds is 6. The first-order chi connectivity index (χ1) is 7.58. The molecule has 1 atom stereocenters.